The van der Waals surface area contributed by atoms with E-state index in [9.17, 15) is 9.59 Å². The highest BCUT2D eigenvalue weighted by molar-refractivity contribution is 5.85. The monoisotopic (exact) mass is 262 g/mol. The second-order valence-corrected chi connectivity index (χ2v) is 3.98. The van der Waals surface area contributed by atoms with Crippen LogP contribution in [-0.4, -0.2) is 34.1 Å². The fourth-order valence-corrected chi connectivity index (χ4v) is 1.87. The molecule has 0 fully saturated rings. The molecule has 7 heteroatoms. The number of benzene rings is 1. The van der Waals surface area contributed by atoms with Crippen molar-refractivity contribution in [3.8, 4) is 17.2 Å². The van der Waals surface area contributed by atoms with Gasteiger partial charge in [0.1, 0.15) is 18.9 Å². The first-order valence-electron chi connectivity index (χ1n) is 5.60. The number of rotatable bonds is 2. The van der Waals surface area contributed by atoms with Crippen LogP contribution in [0.5, 0.6) is 11.5 Å². The van der Waals surface area contributed by atoms with Gasteiger partial charge in [0.25, 0.3) is 5.56 Å². The van der Waals surface area contributed by atoms with E-state index in [0.717, 1.165) is 10.7 Å². The van der Waals surface area contributed by atoms with Gasteiger partial charge in [-0.2, -0.15) is 0 Å². The second-order valence-electron chi connectivity index (χ2n) is 3.98. The first kappa shape index (κ1) is 11.4. The van der Waals surface area contributed by atoms with Gasteiger partial charge < -0.3 is 14.6 Å². The molecule has 2 N–H and O–H groups in total. The van der Waals surface area contributed by atoms with Crippen LogP contribution in [0.3, 0.4) is 0 Å². The van der Waals surface area contributed by atoms with Crippen LogP contribution in [0.2, 0.25) is 0 Å². The van der Waals surface area contributed by atoms with Crippen LogP contribution in [0.4, 0.5) is 0 Å². The average molecular weight is 262 g/mol. The molecule has 0 aliphatic carbocycles. The van der Waals surface area contributed by atoms with E-state index in [1.165, 1.54) is 0 Å². The maximum absolute atomic E-state index is 11.7. The zero-order valence-corrected chi connectivity index (χ0v) is 9.75. The summed E-state index contributed by atoms with van der Waals surface area (Å²) >= 11 is 0. The van der Waals surface area contributed by atoms with E-state index >= 15 is 0 Å². The predicted octanol–water partition coefficient (Wildman–Crippen LogP) is 0.635. The molecule has 1 aliphatic heterocycles. The summed E-state index contributed by atoms with van der Waals surface area (Å²) in [7, 11) is 0. The van der Waals surface area contributed by atoms with Gasteiger partial charge in [0.05, 0.1) is 5.69 Å². The first-order valence-corrected chi connectivity index (χ1v) is 5.60. The topological polar surface area (TPSA) is 93.6 Å². The number of aromatic carboxylic acids is 1. The van der Waals surface area contributed by atoms with Crippen molar-refractivity contribution < 1.29 is 19.4 Å². The number of H-pyrrole nitrogens is 1. The molecule has 7 nitrogen and oxygen atoms in total. The van der Waals surface area contributed by atoms with Crippen LogP contribution in [0.1, 0.15) is 10.5 Å². The fourth-order valence-electron chi connectivity index (χ4n) is 1.87. The number of hydrogen-bond donors (Lipinski definition) is 2. The Balaban J connectivity index is 2.07. The quantitative estimate of drug-likeness (QED) is 0.828. The van der Waals surface area contributed by atoms with Crippen LogP contribution in [-0.2, 0) is 0 Å². The van der Waals surface area contributed by atoms with Gasteiger partial charge in [-0.1, -0.05) is 0 Å². The van der Waals surface area contributed by atoms with E-state index in [0.29, 0.717) is 30.4 Å². The summed E-state index contributed by atoms with van der Waals surface area (Å²) in [6.07, 6.45) is 0. The number of ether oxygens (including phenoxy) is 2. The normalized spacial score (nSPS) is 13.3. The number of hydrogen-bond acceptors (Lipinski definition) is 4. The van der Waals surface area contributed by atoms with E-state index < -0.39 is 11.5 Å². The van der Waals surface area contributed by atoms with Crippen molar-refractivity contribution in [3.63, 3.8) is 0 Å². The number of aromatic nitrogens is 2. The largest absolute Gasteiger partial charge is 0.486 e. The minimum absolute atomic E-state index is 0.167. The van der Waals surface area contributed by atoms with Crippen LogP contribution in [0, 0.1) is 0 Å². The summed E-state index contributed by atoms with van der Waals surface area (Å²) in [5.41, 5.74) is -0.129. The van der Waals surface area contributed by atoms with E-state index in [1.54, 1.807) is 18.2 Å². The van der Waals surface area contributed by atoms with E-state index in [1.807, 2.05) is 0 Å². The van der Waals surface area contributed by atoms with Crippen molar-refractivity contribution >= 4 is 5.97 Å². The molecule has 0 saturated heterocycles. The minimum Gasteiger partial charge on any atom is -0.486 e. The number of aromatic amines is 1. The molecule has 1 aliphatic rings. The number of nitrogens with one attached hydrogen (secondary N) is 1. The molecule has 0 bridgehead atoms. The lowest BCUT2D eigenvalue weighted by molar-refractivity contribution is 0.0690. The summed E-state index contributed by atoms with van der Waals surface area (Å²) in [5.74, 6) is -0.0522. The van der Waals surface area contributed by atoms with Crippen LogP contribution >= 0.6 is 0 Å². The minimum atomic E-state index is -1.19. The highest BCUT2D eigenvalue weighted by atomic mass is 16.6. The number of fused-ring (bicyclic) bond motifs is 1. The standard InChI is InChI=1S/C12H10N2O5/c15-11-6-8(12(16)17)13-14(11)7-1-2-9-10(5-7)19-4-3-18-9/h1-2,5-6,13H,3-4H2,(H,16,17). The maximum Gasteiger partial charge on any atom is 0.353 e. The van der Waals surface area contributed by atoms with E-state index in [-0.39, 0.29) is 5.69 Å². The number of carboxylic acids is 1. The molecule has 0 saturated carbocycles. The first-order chi connectivity index (χ1) is 9.15. The Labute approximate surface area is 107 Å². The lowest BCUT2D eigenvalue weighted by Gasteiger charge is -2.18. The summed E-state index contributed by atoms with van der Waals surface area (Å²) in [6.45, 7) is 0.925. The number of nitrogens with zero attached hydrogens (tertiary/aromatic N) is 1. The Hall–Kier alpha value is -2.70. The Morgan fingerprint density at radius 2 is 1.95 bits per heavy atom. The summed E-state index contributed by atoms with van der Waals surface area (Å²) in [4.78, 5) is 22.5. The summed E-state index contributed by atoms with van der Waals surface area (Å²) < 4.78 is 11.9. The molecule has 2 heterocycles. The zero-order valence-electron chi connectivity index (χ0n) is 9.75. The van der Waals surface area contributed by atoms with Gasteiger partial charge in [-0.3, -0.25) is 9.89 Å². The third-order valence-corrected chi connectivity index (χ3v) is 2.73. The van der Waals surface area contributed by atoms with E-state index in [2.05, 4.69) is 5.10 Å². The molecule has 1 aromatic carbocycles. The summed E-state index contributed by atoms with van der Waals surface area (Å²) in [5, 5.41) is 11.3. The van der Waals surface area contributed by atoms with Crippen LogP contribution in [0.15, 0.2) is 29.1 Å². The molecule has 0 amide bonds. The Bertz CT molecular complexity index is 700. The number of carboxylic acid groups (broad SMARTS) is 1. The lowest BCUT2D eigenvalue weighted by Crippen LogP contribution is -2.17. The highest BCUT2D eigenvalue weighted by Gasteiger charge is 2.15. The van der Waals surface area contributed by atoms with Crippen molar-refractivity contribution in [2.75, 3.05) is 13.2 Å². The third-order valence-electron chi connectivity index (χ3n) is 2.73. The predicted molar refractivity (Wildman–Crippen MR) is 64.3 cm³/mol. The van der Waals surface area contributed by atoms with Gasteiger partial charge in [-0.15, -0.1) is 0 Å². The molecule has 0 spiro atoms. The molecule has 19 heavy (non-hydrogen) atoms. The molecule has 0 unspecified atom stereocenters. The van der Waals surface area contributed by atoms with Crippen molar-refractivity contribution in [1.82, 2.24) is 9.78 Å². The van der Waals surface area contributed by atoms with Crippen LogP contribution < -0.4 is 15.0 Å². The van der Waals surface area contributed by atoms with Gasteiger partial charge in [-0.05, 0) is 12.1 Å². The lowest BCUT2D eigenvalue weighted by atomic mass is 10.2. The molecule has 1 aromatic heterocycles. The van der Waals surface area contributed by atoms with Gasteiger partial charge in [0.2, 0.25) is 0 Å². The molecule has 98 valence electrons. The molecule has 0 radical (unpaired) electrons. The fraction of sp³-hybridized carbons (Fsp3) is 0.167. The van der Waals surface area contributed by atoms with Gasteiger partial charge >= 0.3 is 5.97 Å². The smallest absolute Gasteiger partial charge is 0.353 e. The highest BCUT2D eigenvalue weighted by Crippen LogP contribution is 2.31. The second kappa shape index (κ2) is 4.20. The third kappa shape index (κ3) is 1.95. The van der Waals surface area contributed by atoms with Crippen molar-refractivity contribution in [2.45, 2.75) is 0 Å². The molecular formula is C12H10N2O5. The molecular weight excluding hydrogens is 252 g/mol. The molecule has 3 rings (SSSR count). The summed E-state index contributed by atoms with van der Waals surface area (Å²) in [6, 6.07) is 5.98. The number of carbonyl (C=O) groups is 1. The maximum atomic E-state index is 11.7. The van der Waals surface area contributed by atoms with Crippen molar-refractivity contribution in [1.29, 1.82) is 0 Å². The molecule has 2 aromatic rings. The Morgan fingerprint density at radius 1 is 1.21 bits per heavy atom. The zero-order chi connectivity index (χ0) is 13.4. The molecule has 0 atom stereocenters. The van der Waals surface area contributed by atoms with Crippen molar-refractivity contribution in [3.05, 3.63) is 40.3 Å². The average Bonchev–Trinajstić information content (AvgIpc) is 2.80. The van der Waals surface area contributed by atoms with Gasteiger partial charge in [0, 0.05) is 12.1 Å². The van der Waals surface area contributed by atoms with Crippen molar-refractivity contribution in [2.24, 2.45) is 0 Å². The Morgan fingerprint density at radius 3 is 2.63 bits per heavy atom. The van der Waals surface area contributed by atoms with Crippen LogP contribution in [0.25, 0.3) is 5.69 Å². The SMILES string of the molecule is O=C(O)c1cc(=O)n(-c2ccc3c(c2)OCCO3)[nH]1. The van der Waals surface area contributed by atoms with E-state index in [4.69, 9.17) is 14.6 Å². The van der Waals surface area contributed by atoms with Gasteiger partial charge in [-0.25, -0.2) is 9.48 Å². The Kier molecular flexibility index (Phi) is 2.52. The van der Waals surface area contributed by atoms with Gasteiger partial charge in [0.15, 0.2) is 11.5 Å².